The number of benzene rings is 2. The molecule has 0 bridgehead atoms. The Morgan fingerprint density at radius 3 is 2.59 bits per heavy atom. The lowest BCUT2D eigenvalue weighted by molar-refractivity contribution is -0.113. The molecule has 6 rings (SSSR count). The Labute approximate surface area is 255 Å². The van der Waals surface area contributed by atoms with Crippen LogP contribution in [-0.4, -0.2) is 20.4 Å². The summed E-state index contributed by atoms with van der Waals surface area (Å²) in [5.74, 6) is 0.132. The average molecular weight is 665 g/mol. The lowest BCUT2D eigenvalue weighted by Crippen LogP contribution is -2.40. The first-order valence-corrected chi connectivity index (χ1v) is 15.1. The van der Waals surface area contributed by atoms with Gasteiger partial charge in [-0.25, -0.2) is 15.0 Å². The van der Waals surface area contributed by atoms with Crippen LogP contribution in [0.25, 0.3) is 6.08 Å². The van der Waals surface area contributed by atoms with E-state index in [1.54, 1.807) is 66.4 Å². The van der Waals surface area contributed by atoms with Crippen molar-refractivity contribution in [1.82, 2.24) is 14.5 Å². The Morgan fingerprint density at radius 1 is 1.12 bits per heavy atom. The van der Waals surface area contributed by atoms with Crippen molar-refractivity contribution in [2.75, 3.05) is 5.32 Å². The number of nitrogens with zero attached hydrogens (tertiary/aromatic N) is 4. The monoisotopic (exact) mass is 663 g/mol. The molecule has 0 saturated heterocycles. The Hall–Kier alpha value is -3.77. The zero-order chi connectivity index (χ0) is 28.5. The number of nitrogens with one attached hydrogen (secondary N) is 1. The van der Waals surface area contributed by atoms with Crippen LogP contribution in [0.3, 0.4) is 0 Å². The van der Waals surface area contributed by atoms with Gasteiger partial charge in [-0.15, -0.1) is 0 Å². The Kier molecular flexibility index (Phi) is 7.76. The van der Waals surface area contributed by atoms with Crippen molar-refractivity contribution in [2.24, 2.45) is 4.99 Å². The number of rotatable bonds is 6. The smallest absolute Gasteiger partial charge is 0.271 e. The van der Waals surface area contributed by atoms with Crippen LogP contribution in [0.4, 0.5) is 5.69 Å². The number of fused-ring (bicyclic) bond motifs is 1. The van der Waals surface area contributed by atoms with Gasteiger partial charge in [0.15, 0.2) is 15.1 Å². The molecule has 1 amide bonds. The molecule has 41 heavy (non-hydrogen) atoms. The molecular formula is C29H19BrClN5O3S2. The van der Waals surface area contributed by atoms with Crippen LogP contribution in [0.5, 0.6) is 0 Å². The topological polar surface area (TPSA) is 102 Å². The van der Waals surface area contributed by atoms with E-state index < -0.39 is 6.04 Å². The highest BCUT2D eigenvalue weighted by molar-refractivity contribution is 9.10. The van der Waals surface area contributed by atoms with Gasteiger partial charge in [0.2, 0.25) is 0 Å². The third kappa shape index (κ3) is 5.71. The molecule has 204 valence electrons. The van der Waals surface area contributed by atoms with Crippen LogP contribution in [0, 0.1) is 0 Å². The molecular weight excluding hydrogens is 646 g/mol. The molecule has 8 nitrogen and oxygen atoms in total. The van der Waals surface area contributed by atoms with Crippen molar-refractivity contribution in [1.29, 1.82) is 0 Å². The van der Waals surface area contributed by atoms with Gasteiger partial charge >= 0.3 is 0 Å². The van der Waals surface area contributed by atoms with E-state index in [0.29, 0.717) is 51.8 Å². The molecule has 0 unspecified atom stereocenters. The predicted octanol–water partition coefficient (Wildman–Crippen LogP) is 5.82. The highest BCUT2D eigenvalue weighted by atomic mass is 79.9. The Balaban J connectivity index is 1.43. The maximum Gasteiger partial charge on any atom is 0.271 e. The normalized spacial score (nSPS) is 15.0. The quantitative estimate of drug-likeness (QED) is 0.230. The zero-order valence-electron chi connectivity index (χ0n) is 21.2. The highest BCUT2D eigenvalue weighted by Crippen LogP contribution is 2.35. The molecule has 0 aliphatic carbocycles. The maximum atomic E-state index is 13.9. The molecule has 0 radical (unpaired) electrons. The Bertz CT molecular complexity index is 1970. The van der Waals surface area contributed by atoms with Gasteiger partial charge in [-0.2, -0.15) is 0 Å². The van der Waals surface area contributed by atoms with Crippen LogP contribution in [-0.2, 0) is 4.79 Å². The molecule has 1 aliphatic heterocycles. The van der Waals surface area contributed by atoms with Crippen LogP contribution >= 0.6 is 50.6 Å². The zero-order valence-corrected chi connectivity index (χ0v) is 25.2. The number of amides is 1. The molecule has 3 aromatic heterocycles. The summed E-state index contributed by atoms with van der Waals surface area (Å²) >= 11 is 12.2. The summed E-state index contributed by atoms with van der Waals surface area (Å²) in [6.45, 7) is 1.78. The molecule has 1 atom stereocenters. The van der Waals surface area contributed by atoms with Crippen molar-refractivity contribution < 1.29 is 9.21 Å². The lowest BCUT2D eigenvalue weighted by Gasteiger charge is -2.25. The van der Waals surface area contributed by atoms with Crippen molar-refractivity contribution in [2.45, 2.75) is 23.2 Å². The first-order chi connectivity index (χ1) is 19.9. The minimum absolute atomic E-state index is 0.292. The van der Waals surface area contributed by atoms with E-state index in [0.717, 1.165) is 5.56 Å². The van der Waals surface area contributed by atoms with Gasteiger partial charge in [0.1, 0.15) is 5.76 Å². The standard InChI is InChI=1S/C29H19BrClN5O3S2/c1-16-23(25(37)35-19-6-3-2-4-7-19)24(17-8-10-18(31)11-9-17)36-26(38)22(40-29(36)34-16)15-20-14-21(30)27(39-20)41-28-32-12-5-13-33-28/h2-15,24H,1H3,(H,35,37)/b22-15+/t24-/m0/s1. The number of carbonyl (C=O) groups is 1. The van der Waals surface area contributed by atoms with Gasteiger partial charge in [-0.05, 0) is 76.6 Å². The largest absolute Gasteiger partial charge is 0.449 e. The van der Waals surface area contributed by atoms with Gasteiger partial charge in [0, 0.05) is 29.2 Å². The third-order valence-corrected chi connectivity index (χ3v) is 9.13. The average Bonchev–Trinajstić information content (AvgIpc) is 3.46. The van der Waals surface area contributed by atoms with Crippen molar-refractivity contribution in [3.63, 3.8) is 0 Å². The van der Waals surface area contributed by atoms with Crippen LogP contribution in [0.2, 0.25) is 5.02 Å². The number of thiazole rings is 1. The third-order valence-electron chi connectivity index (χ3n) is 6.16. The van der Waals surface area contributed by atoms with E-state index >= 15 is 0 Å². The second-order valence-electron chi connectivity index (χ2n) is 8.87. The number of hydrogen-bond donors (Lipinski definition) is 1. The fraction of sp³-hybridized carbons (Fsp3) is 0.0690. The number of hydrogen-bond acceptors (Lipinski definition) is 8. The summed E-state index contributed by atoms with van der Waals surface area (Å²) in [4.78, 5) is 41.1. The first-order valence-electron chi connectivity index (χ1n) is 12.3. The summed E-state index contributed by atoms with van der Waals surface area (Å²) < 4.78 is 8.68. The van der Waals surface area contributed by atoms with Crippen molar-refractivity contribution in [3.8, 4) is 0 Å². The fourth-order valence-electron chi connectivity index (χ4n) is 4.35. The van der Waals surface area contributed by atoms with Crippen LogP contribution < -0.4 is 20.2 Å². The maximum absolute atomic E-state index is 13.9. The van der Waals surface area contributed by atoms with Gasteiger partial charge in [-0.3, -0.25) is 14.2 Å². The number of aromatic nitrogens is 3. The van der Waals surface area contributed by atoms with Crippen molar-refractivity contribution >= 4 is 68.3 Å². The van der Waals surface area contributed by atoms with E-state index in [2.05, 4.69) is 36.2 Å². The minimum Gasteiger partial charge on any atom is -0.449 e. The van der Waals surface area contributed by atoms with Gasteiger partial charge in [0.25, 0.3) is 11.5 Å². The number of allylic oxidation sites excluding steroid dienone is 1. The number of anilines is 1. The fourth-order valence-corrected chi connectivity index (χ4v) is 6.74. The number of halogens is 2. The summed E-state index contributed by atoms with van der Waals surface area (Å²) in [7, 11) is 0. The number of para-hydroxylation sites is 1. The van der Waals surface area contributed by atoms with Gasteiger partial charge in [-0.1, -0.05) is 53.3 Å². The lowest BCUT2D eigenvalue weighted by atomic mass is 9.95. The second-order valence-corrected chi connectivity index (χ2v) is 12.1. The van der Waals surface area contributed by atoms with Crippen LogP contribution in [0.15, 0.2) is 119 Å². The summed E-state index contributed by atoms with van der Waals surface area (Å²) in [6, 6.07) is 19.1. The molecule has 1 aliphatic rings. The second kappa shape index (κ2) is 11.6. The first kappa shape index (κ1) is 27.4. The molecule has 0 saturated carbocycles. The van der Waals surface area contributed by atoms with Crippen molar-refractivity contribution in [3.05, 3.63) is 131 Å². The summed E-state index contributed by atoms with van der Waals surface area (Å²) in [6.07, 6.45) is 4.98. The predicted molar refractivity (Wildman–Crippen MR) is 163 cm³/mol. The molecule has 0 spiro atoms. The highest BCUT2D eigenvalue weighted by Gasteiger charge is 2.32. The van der Waals surface area contributed by atoms with E-state index in [-0.39, 0.29) is 11.5 Å². The van der Waals surface area contributed by atoms with E-state index in [4.69, 9.17) is 16.0 Å². The molecule has 5 aromatic rings. The van der Waals surface area contributed by atoms with E-state index in [1.165, 1.54) is 23.1 Å². The van der Waals surface area contributed by atoms with Crippen LogP contribution in [0.1, 0.15) is 24.3 Å². The summed E-state index contributed by atoms with van der Waals surface area (Å²) in [5, 5.41) is 4.59. The van der Waals surface area contributed by atoms with E-state index in [1.807, 2.05) is 30.3 Å². The molecule has 4 heterocycles. The van der Waals surface area contributed by atoms with Gasteiger partial charge < -0.3 is 9.73 Å². The molecule has 2 aromatic carbocycles. The minimum atomic E-state index is -0.709. The molecule has 0 fully saturated rings. The molecule has 12 heteroatoms. The van der Waals surface area contributed by atoms with Gasteiger partial charge in [0.05, 0.1) is 26.3 Å². The molecule has 1 N–H and O–H groups in total. The SMILES string of the molecule is CC1=C(C(=O)Nc2ccccc2)[C@H](c2ccc(Cl)cc2)n2c(s/c(=C/c3cc(Br)c(Sc4ncccn4)o3)c2=O)=N1. The van der Waals surface area contributed by atoms with E-state index in [9.17, 15) is 9.59 Å². The summed E-state index contributed by atoms with van der Waals surface area (Å²) in [5.41, 5.74) is 1.98. The number of carbonyl (C=O) groups excluding carboxylic acids is 1. The Morgan fingerprint density at radius 2 is 1.85 bits per heavy atom. The number of furan rings is 1.